The maximum Gasteiger partial charge on any atom is 0.158 e. The third kappa shape index (κ3) is 6.88. The minimum atomic E-state index is 0.291. The van der Waals surface area contributed by atoms with E-state index in [9.17, 15) is 4.79 Å². The molecule has 2 unspecified atom stereocenters. The van der Waals surface area contributed by atoms with Crippen molar-refractivity contribution in [1.29, 1.82) is 0 Å². The molecule has 0 amide bonds. The summed E-state index contributed by atoms with van der Waals surface area (Å²) in [5, 5.41) is 0. The van der Waals surface area contributed by atoms with Crippen LogP contribution in [0.15, 0.2) is 0 Å². The Hall–Kier alpha value is -0.370. The molecular weight excluding hydrogens is 248 g/mol. The van der Waals surface area contributed by atoms with Crippen molar-refractivity contribution in [2.75, 3.05) is 13.2 Å². The zero-order valence-electron chi connectivity index (χ0n) is 13.8. The number of Topliss-reactive ketones (excluding diaryl/α,β-unsaturated/α-hetero) is 1. The van der Waals surface area contributed by atoms with E-state index in [1.165, 1.54) is 44.9 Å². The lowest BCUT2D eigenvalue weighted by atomic mass is 9.93. The molecule has 2 nitrogen and oxygen atoms in total. The molecule has 118 valence electrons. The van der Waals surface area contributed by atoms with Gasteiger partial charge >= 0.3 is 0 Å². The van der Waals surface area contributed by atoms with Crippen molar-refractivity contribution in [3.63, 3.8) is 0 Å². The number of unbranched alkanes of at least 4 members (excludes halogenated alkanes) is 5. The van der Waals surface area contributed by atoms with Gasteiger partial charge in [0, 0.05) is 6.42 Å². The first-order chi connectivity index (χ1) is 9.65. The number of ether oxygens (including phenoxy) is 1. The summed E-state index contributed by atoms with van der Waals surface area (Å²) in [5.74, 6) is 2.48. The van der Waals surface area contributed by atoms with Gasteiger partial charge in [0.1, 0.15) is 6.61 Å². The first-order valence-corrected chi connectivity index (χ1v) is 8.74. The van der Waals surface area contributed by atoms with E-state index < -0.39 is 0 Å². The van der Waals surface area contributed by atoms with E-state index in [-0.39, 0.29) is 0 Å². The summed E-state index contributed by atoms with van der Waals surface area (Å²) in [6.45, 7) is 7.98. The van der Waals surface area contributed by atoms with Crippen LogP contribution in [0, 0.1) is 17.8 Å². The van der Waals surface area contributed by atoms with E-state index in [1.807, 2.05) is 0 Å². The SMILES string of the molecule is CCCCCCCCC(=O)COCC1C(C)CCC1C. The van der Waals surface area contributed by atoms with Crippen LogP contribution in [0.25, 0.3) is 0 Å². The highest BCUT2D eigenvalue weighted by Crippen LogP contribution is 2.36. The zero-order valence-corrected chi connectivity index (χ0v) is 13.8. The largest absolute Gasteiger partial charge is 0.373 e. The fourth-order valence-electron chi connectivity index (χ4n) is 3.33. The molecule has 1 aliphatic carbocycles. The Morgan fingerprint density at radius 1 is 1.00 bits per heavy atom. The molecule has 0 bridgehead atoms. The maximum absolute atomic E-state index is 11.7. The Bertz CT molecular complexity index is 252. The van der Waals surface area contributed by atoms with Gasteiger partial charge in [0.25, 0.3) is 0 Å². The zero-order chi connectivity index (χ0) is 14.8. The lowest BCUT2D eigenvalue weighted by Crippen LogP contribution is -2.20. The molecule has 1 fully saturated rings. The van der Waals surface area contributed by atoms with Crippen LogP contribution in [0.3, 0.4) is 0 Å². The predicted molar refractivity (Wildman–Crippen MR) is 84.9 cm³/mol. The highest BCUT2D eigenvalue weighted by molar-refractivity contribution is 5.79. The van der Waals surface area contributed by atoms with Gasteiger partial charge in [-0.15, -0.1) is 0 Å². The molecule has 2 atom stereocenters. The molecule has 1 saturated carbocycles. The Labute approximate surface area is 125 Å². The molecule has 0 aromatic rings. The fraction of sp³-hybridized carbons (Fsp3) is 0.944. The molecule has 0 saturated heterocycles. The van der Waals surface area contributed by atoms with Gasteiger partial charge in [-0.25, -0.2) is 0 Å². The van der Waals surface area contributed by atoms with Gasteiger partial charge in [0.15, 0.2) is 5.78 Å². The molecule has 0 heterocycles. The van der Waals surface area contributed by atoms with Crippen molar-refractivity contribution in [3.8, 4) is 0 Å². The van der Waals surface area contributed by atoms with Crippen LogP contribution in [0.5, 0.6) is 0 Å². The molecule has 0 aromatic carbocycles. The predicted octanol–water partition coefficient (Wildman–Crippen LogP) is 5.00. The summed E-state index contributed by atoms with van der Waals surface area (Å²) < 4.78 is 5.67. The second-order valence-electron chi connectivity index (χ2n) is 6.77. The minimum Gasteiger partial charge on any atom is -0.373 e. The third-order valence-corrected chi connectivity index (χ3v) is 4.92. The van der Waals surface area contributed by atoms with Crippen molar-refractivity contribution in [2.45, 2.75) is 78.6 Å². The first kappa shape index (κ1) is 17.7. The number of hydrogen-bond acceptors (Lipinski definition) is 2. The smallest absolute Gasteiger partial charge is 0.158 e. The fourth-order valence-corrected chi connectivity index (χ4v) is 3.33. The summed E-state index contributed by atoms with van der Waals surface area (Å²) in [6, 6.07) is 0. The summed E-state index contributed by atoms with van der Waals surface area (Å²) in [5.41, 5.74) is 0. The van der Waals surface area contributed by atoms with Crippen molar-refractivity contribution >= 4 is 5.78 Å². The van der Waals surface area contributed by atoms with E-state index in [2.05, 4.69) is 20.8 Å². The van der Waals surface area contributed by atoms with Crippen molar-refractivity contribution in [1.82, 2.24) is 0 Å². The highest BCUT2D eigenvalue weighted by Gasteiger charge is 2.30. The summed E-state index contributed by atoms with van der Waals surface area (Å²) in [7, 11) is 0. The van der Waals surface area contributed by atoms with Crippen molar-refractivity contribution < 1.29 is 9.53 Å². The van der Waals surface area contributed by atoms with Gasteiger partial charge in [0.2, 0.25) is 0 Å². The van der Waals surface area contributed by atoms with E-state index >= 15 is 0 Å². The molecule has 2 heteroatoms. The van der Waals surface area contributed by atoms with Crippen LogP contribution in [0.2, 0.25) is 0 Å². The van der Waals surface area contributed by atoms with Gasteiger partial charge in [-0.3, -0.25) is 4.79 Å². The average Bonchev–Trinajstić information content (AvgIpc) is 2.74. The summed E-state index contributed by atoms with van der Waals surface area (Å²) in [4.78, 5) is 11.7. The topological polar surface area (TPSA) is 26.3 Å². The van der Waals surface area contributed by atoms with E-state index in [4.69, 9.17) is 4.74 Å². The van der Waals surface area contributed by atoms with Crippen LogP contribution in [-0.2, 0) is 9.53 Å². The summed E-state index contributed by atoms with van der Waals surface area (Å²) >= 11 is 0. The van der Waals surface area contributed by atoms with Crippen LogP contribution < -0.4 is 0 Å². The normalized spacial score (nSPS) is 26.1. The van der Waals surface area contributed by atoms with E-state index in [0.717, 1.165) is 24.9 Å². The average molecular weight is 282 g/mol. The molecule has 1 aliphatic rings. The molecular formula is C18H34O2. The molecule has 0 aromatic heterocycles. The standard InChI is InChI=1S/C18H34O2/c1-4-5-6-7-8-9-10-17(19)13-20-14-18-15(2)11-12-16(18)3/h15-16,18H,4-14H2,1-3H3. The van der Waals surface area contributed by atoms with E-state index in [0.29, 0.717) is 24.7 Å². The van der Waals surface area contributed by atoms with Crippen LogP contribution in [0.1, 0.15) is 78.6 Å². The Morgan fingerprint density at radius 2 is 1.60 bits per heavy atom. The second-order valence-corrected chi connectivity index (χ2v) is 6.77. The maximum atomic E-state index is 11.7. The third-order valence-electron chi connectivity index (χ3n) is 4.92. The highest BCUT2D eigenvalue weighted by atomic mass is 16.5. The Balaban J connectivity index is 1.97. The van der Waals surface area contributed by atoms with E-state index in [1.54, 1.807) is 0 Å². The second kappa shape index (κ2) is 10.4. The number of hydrogen-bond donors (Lipinski definition) is 0. The number of ketones is 1. The Kier molecular flexibility index (Phi) is 9.17. The number of carbonyl (C=O) groups excluding carboxylic acids is 1. The van der Waals surface area contributed by atoms with Gasteiger partial charge in [0.05, 0.1) is 6.61 Å². The van der Waals surface area contributed by atoms with Gasteiger partial charge in [-0.2, -0.15) is 0 Å². The van der Waals surface area contributed by atoms with Gasteiger partial charge in [-0.1, -0.05) is 65.7 Å². The molecule has 20 heavy (non-hydrogen) atoms. The molecule has 0 radical (unpaired) electrons. The minimum absolute atomic E-state index is 0.291. The van der Waals surface area contributed by atoms with Gasteiger partial charge in [-0.05, 0) is 24.2 Å². The monoisotopic (exact) mass is 282 g/mol. The molecule has 0 spiro atoms. The first-order valence-electron chi connectivity index (χ1n) is 8.74. The lowest BCUT2D eigenvalue weighted by Gasteiger charge is -2.19. The Morgan fingerprint density at radius 3 is 2.25 bits per heavy atom. The van der Waals surface area contributed by atoms with Crippen LogP contribution in [-0.4, -0.2) is 19.0 Å². The quantitative estimate of drug-likeness (QED) is 0.498. The number of carbonyl (C=O) groups is 1. The van der Waals surface area contributed by atoms with Crippen molar-refractivity contribution in [2.24, 2.45) is 17.8 Å². The van der Waals surface area contributed by atoms with Crippen molar-refractivity contribution in [3.05, 3.63) is 0 Å². The number of rotatable bonds is 11. The molecule has 0 N–H and O–H groups in total. The van der Waals surface area contributed by atoms with Gasteiger partial charge < -0.3 is 4.74 Å². The summed E-state index contributed by atoms with van der Waals surface area (Å²) in [6.07, 6.45) is 10.8. The van der Waals surface area contributed by atoms with Crippen LogP contribution >= 0.6 is 0 Å². The van der Waals surface area contributed by atoms with Crippen LogP contribution in [0.4, 0.5) is 0 Å². The molecule has 1 rings (SSSR count). The molecule has 0 aliphatic heterocycles. The lowest BCUT2D eigenvalue weighted by molar-refractivity contribution is -0.124.